The van der Waals surface area contributed by atoms with Crippen LogP contribution in [0, 0.1) is 0 Å². The summed E-state index contributed by atoms with van der Waals surface area (Å²) < 4.78 is 0. The minimum absolute atomic E-state index is 0.0849. The van der Waals surface area contributed by atoms with Crippen molar-refractivity contribution >= 4 is 6.21 Å². The highest BCUT2D eigenvalue weighted by Gasteiger charge is 2.03. The molecule has 0 heterocycles. The Kier molecular flexibility index (Phi) is 4.01. The van der Waals surface area contributed by atoms with E-state index in [-0.39, 0.29) is 5.54 Å². The smallest absolute Gasteiger partial charge is 0.0520 e. The van der Waals surface area contributed by atoms with Gasteiger partial charge in [-0.25, -0.2) is 0 Å². The van der Waals surface area contributed by atoms with E-state index in [0.29, 0.717) is 0 Å². The molecule has 0 bridgehead atoms. The summed E-state index contributed by atoms with van der Waals surface area (Å²) in [4.78, 5) is 4.32. The van der Waals surface area contributed by atoms with E-state index in [1.54, 1.807) is 0 Å². The zero-order chi connectivity index (χ0) is 8.04. The van der Waals surface area contributed by atoms with Crippen LogP contribution in [0.15, 0.2) is 17.1 Å². The Bertz CT molecular complexity index is 126. The predicted octanol–water partition coefficient (Wildman–Crippen LogP) is 2.82. The molecule has 58 valence electrons. The van der Waals surface area contributed by atoms with Gasteiger partial charge in [0.2, 0.25) is 0 Å². The van der Waals surface area contributed by atoms with E-state index >= 15 is 0 Å². The summed E-state index contributed by atoms with van der Waals surface area (Å²) in [5.41, 5.74) is 0.0849. The SMILES string of the molecule is CC=CCC=NC(C)(C)C. The van der Waals surface area contributed by atoms with Crippen molar-refractivity contribution in [3.8, 4) is 0 Å². The zero-order valence-electron chi connectivity index (χ0n) is 7.39. The Hall–Kier alpha value is -0.590. The molecule has 0 spiro atoms. The molecule has 0 saturated carbocycles. The predicted molar refractivity (Wildman–Crippen MR) is 47.7 cm³/mol. The number of hydrogen-bond donors (Lipinski definition) is 0. The maximum atomic E-state index is 4.32. The first-order valence-corrected chi connectivity index (χ1v) is 3.71. The molecule has 0 amide bonds. The molecule has 0 radical (unpaired) electrons. The van der Waals surface area contributed by atoms with Gasteiger partial charge in [0.05, 0.1) is 5.54 Å². The molecule has 0 aliphatic rings. The molecule has 0 aromatic heterocycles. The van der Waals surface area contributed by atoms with Gasteiger partial charge < -0.3 is 0 Å². The van der Waals surface area contributed by atoms with E-state index in [9.17, 15) is 0 Å². The standard InChI is InChI=1S/C9H17N/c1-5-6-7-8-10-9(2,3)4/h5-6,8H,7H2,1-4H3. The van der Waals surface area contributed by atoms with E-state index in [4.69, 9.17) is 0 Å². The van der Waals surface area contributed by atoms with Crippen molar-refractivity contribution < 1.29 is 0 Å². The second-order valence-electron chi connectivity index (χ2n) is 3.29. The van der Waals surface area contributed by atoms with Gasteiger partial charge in [0.25, 0.3) is 0 Å². The first kappa shape index (κ1) is 9.41. The van der Waals surface area contributed by atoms with Gasteiger partial charge >= 0.3 is 0 Å². The fourth-order valence-electron chi connectivity index (χ4n) is 0.524. The van der Waals surface area contributed by atoms with Crippen molar-refractivity contribution in [2.45, 2.75) is 39.7 Å². The molecular formula is C9H17N. The molecule has 0 aromatic carbocycles. The first-order chi connectivity index (χ1) is 4.56. The van der Waals surface area contributed by atoms with Gasteiger partial charge in [0, 0.05) is 12.6 Å². The van der Waals surface area contributed by atoms with Crippen molar-refractivity contribution in [1.82, 2.24) is 0 Å². The van der Waals surface area contributed by atoms with Crippen LogP contribution in [0.4, 0.5) is 0 Å². The highest BCUT2D eigenvalue weighted by Crippen LogP contribution is 2.04. The minimum Gasteiger partial charge on any atom is -0.291 e. The van der Waals surface area contributed by atoms with Crippen molar-refractivity contribution in [2.75, 3.05) is 0 Å². The van der Waals surface area contributed by atoms with Crippen LogP contribution in [0.5, 0.6) is 0 Å². The Morgan fingerprint density at radius 3 is 2.30 bits per heavy atom. The molecule has 0 unspecified atom stereocenters. The molecule has 0 aromatic rings. The fraction of sp³-hybridized carbons (Fsp3) is 0.667. The molecule has 0 aliphatic heterocycles. The van der Waals surface area contributed by atoms with E-state index in [0.717, 1.165) is 6.42 Å². The Morgan fingerprint density at radius 1 is 1.30 bits per heavy atom. The lowest BCUT2D eigenvalue weighted by Gasteiger charge is -2.09. The fourth-order valence-corrected chi connectivity index (χ4v) is 0.524. The van der Waals surface area contributed by atoms with Gasteiger partial charge in [-0.3, -0.25) is 4.99 Å². The third-order valence-electron chi connectivity index (χ3n) is 0.956. The number of aliphatic imine (C=N–C) groups is 1. The van der Waals surface area contributed by atoms with Gasteiger partial charge in [-0.1, -0.05) is 12.2 Å². The highest BCUT2D eigenvalue weighted by atomic mass is 14.8. The minimum atomic E-state index is 0.0849. The largest absolute Gasteiger partial charge is 0.291 e. The molecule has 1 nitrogen and oxygen atoms in total. The summed E-state index contributed by atoms with van der Waals surface area (Å²) >= 11 is 0. The van der Waals surface area contributed by atoms with Gasteiger partial charge in [-0.15, -0.1) is 0 Å². The van der Waals surface area contributed by atoms with E-state index in [1.165, 1.54) is 0 Å². The number of hydrogen-bond acceptors (Lipinski definition) is 1. The molecule has 0 atom stereocenters. The van der Waals surface area contributed by atoms with Crippen molar-refractivity contribution in [1.29, 1.82) is 0 Å². The van der Waals surface area contributed by atoms with Gasteiger partial charge in [0.15, 0.2) is 0 Å². The van der Waals surface area contributed by atoms with Gasteiger partial charge in [0.1, 0.15) is 0 Å². The molecule has 1 heteroatoms. The molecule has 0 fully saturated rings. The maximum Gasteiger partial charge on any atom is 0.0520 e. The Balaban J connectivity index is 3.56. The van der Waals surface area contributed by atoms with E-state index < -0.39 is 0 Å². The quantitative estimate of drug-likeness (QED) is 0.412. The average Bonchev–Trinajstić information content (AvgIpc) is 1.78. The Labute approximate surface area is 63.9 Å². The number of rotatable bonds is 2. The molecule has 0 rings (SSSR count). The summed E-state index contributed by atoms with van der Waals surface area (Å²) in [6, 6.07) is 0. The first-order valence-electron chi connectivity index (χ1n) is 3.71. The van der Waals surface area contributed by atoms with E-state index in [1.807, 2.05) is 19.2 Å². The van der Waals surface area contributed by atoms with Crippen LogP contribution in [0.3, 0.4) is 0 Å². The second kappa shape index (κ2) is 4.26. The lowest BCUT2D eigenvalue weighted by atomic mass is 10.1. The summed E-state index contributed by atoms with van der Waals surface area (Å²) in [5, 5.41) is 0. The summed E-state index contributed by atoms with van der Waals surface area (Å²) in [6.45, 7) is 8.31. The third kappa shape index (κ3) is 7.41. The number of allylic oxidation sites excluding steroid dienone is 2. The Morgan fingerprint density at radius 2 is 1.90 bits per heavy atom. The van der Waals surface area contributed by atoms with Crippen LogP contribution < -0.4 is 0 Å². The molecule has 0 saturated heterocycles. The lowest BCUT2D eigenvalue weighted by molar-refractivity contribution is 0.585. The summed E-state index contributed by atoms with van der Waals surface area (Å²) in [7, 11) is 0. The monoisotopic (exact) mass is 139 g/mol. The van der Waals surface area contributed by atoms with Crippen LogP contribution >= 0.6 is 0 Å². The third-order valence-corrected chi connectivity index (χ3v) is 0.956. The summed E-state index contributed by atoms with van der Waals surface area (Å²) in [6.07, 6.45) is 7.04. The zero-order valence-corrected chi connectivity index (χ0v) is 7.39. The normalized spacial score (nSPS) is 13.6. The number of nitrogens with zero attached hydrogens (tertiary/aromatic N) is 1. The van der Waals surface area contributed by atoms with E-state index in [2.05, 4.69) is 31.8 Å². The molecular weight excluding hydrogens is 122 g/mol. The molecule has 0 aliphatic carbocycles. The lowest BCUT2D eigenvalue weighted by Crippen LogP contribution is -2.09. The molecule has 0 N–H and O–H groups in total. The summed E-state index contributed by atoms with van der Waals surface area (Å²) in [5.74, 6) is 0. The van der Waals surface area contributed by atoms with Gasteiger partial charge in [-0.2, -0.15) is 0 Å². The van der Waals surface area contributed by atoms with Crippen LogP contribution in [0.25, 0.3) is 0 Å². The topological polar surface area (TPSA) is 12.4 Å². The second-order valence-corrected chi connectivity index (χ2v) is 3.29. The van der Waals surface area contributed by atoms with Crippen LogP contribution in [-0.4, -0.2) is 11.8 Å². The van der Waals surface area contributed by atoms with Crippen LogP contribution in [0.1, 0.15) is 34.1 Å². The van der Waals surface area contributed by atoms with Crippen LogP contribution in [0.2, 0.25) is 0 Å². The van der Waals surface area contributed by atoms with Crippen LogP contribution in [-0.2, 0) is 0 Å². The highest BCUT2D eigenvalue weighted by molar-refractivity contribution is 5.59. The van der Waals surface area contributed by atoms with Crippen molar-refractivity contribution in [2.24, 2.45) is 4.99 Å². The van der Waals surface area contributed by atoms with Crippen molar-refractivity contribution in [3.63, 3.8) is 0 Å². The average molecular weight is 139 g/mol. The maximum absolute atomic E-state index is 4.32. The molecule has 10 heavy (non-hydrogen) atoms. The van der Waals surface area contributed by atoms with Crippen molar-refractivity contribution in [3.05, 3.63) is 12.2 Å². The van der Waals surface area contributed by atoms with Gasteiger partial charge in [-0.05, 0) is 27.7 Å².